The Hall–Kier alpha value is -2.35. The molecule has 0 saturated carbocycles. The molecule has 0 saturated heterocycles. The Bertz CT molecular complexity index is 621. The monoisotopic (exact) mass is 294 g/mol. The van der Waals surface area contributed by atoms with Gasteiger partial charge in [-0.1, -0.05) is 6.07 Å². The van der Waals surface area contributed by atoms with Crippen molar-refractivity contribution in [3.8, 4) is 0 Å². The molecule has 0 spiro atoms. The quantitative estimate of drug-likeness (QED) is 0.800. The second kappa shape index (κ2) is 5.74. The van der Waals surface area contributed by atoms with E-state index in [0.29, 0.717) is 16.3 Å². The molecule has 0 fully saturated rings. The van der Waals surface area contributed by atoms with Crippen LogP contribution in [0.4, 0.5) is 10.5 Å². The summed E-state index contributed by atoms with van der Waals surface area (Å²) in [4.78, 5) is 23.6. The van der Waals surface area contributed by atoms with Crippen LogP contribution in [0.25, 0.3) is 0 Å². The van der Waals surface area contributed by atoms with Gasteiger partial charge in [-0.3, -0.25) is 4.68 Å². The molecular weight excluding hydrogens is 280 g/mol. The van der Waals surface area contributed by atoms with Crippen LogP contribution in [0, 0.1) is 6.92 Å². The molecule has 106 valence electrons. The lowest BCUT2D eigenvalue weighted by Gasteiger charge is -2.13. The third-order valence-corrected chi connectivity index (χ3v) is 3.55. The first kappa shape index (κ1) is 14.1. The zero-order valence-corrected chi connectivity index (χ0v) is 11.8. The SMILES string of the molecule is Cc1nn(C)cc1NC(=O)NC(C(=O)O)c1cccs1. The van der Waals surface area contributed by atoms with Crippen LogP contribution in [-0.4, -0.2) is 26.9 Å². The number of carbonyl (C=O) groups excluding carboxylic acids is 1. The Balaban J connectivity index is 2.06. The summed E-state index contributed by atoms with van der Waals surface area (Å²) in [5.41, 5.74) is 1.20. The number of aliphatic carboxylic acids is 1. The van der Waals surface area contributed by atoms with Gasteiger partial charge in [-0.05, 0) is 18.4 Å². The molecule has 1 atom stereocenters. The number of hydrogen-bond acceptors (Lipinski definition) is 4. The molecule has 2 amide bonds. The summed E-state index contributed by atoms with van der Waals surface area (Å²) in [5.74, 6) is -1.11. The van der Waals surface area contributed by atoms with Crippen LogP contribution >= 0.6 is 11.3 Å². The third-order valence-electron chi connectivity index (χ3n) is 2.61. The number of carboxylic acids is 1. The van der Waals surface area contributed by atoms with Crippen LogP contribution in [0.3, 0.4) is 0 Å². The van der Waals surface area contributed by atoms with Crippen molar-refractivity contribution < 1.29 is 14.7 Å². The van der Waals surface area contributed by atoms with Crippen LogP contribution in [-0.2, 0) is 11.8 Å². The predicted molar refractivity (Wildman–Crippen MR) is 74.8 cm³/mol. The molecule has 3 N–H and O–H groups in total. The number of aryl methyl sites for hydroxylation is 2. The van der Waals surface area contributed by atoms with Crippen molar-refractivity contribution in [1.29, 1.82) is 0 Å². The fraction of sp³-hybridized carbons (Fsp3) is 0.250. The van der Waals surface area contributed by atoms with Crippen molar-refractivity contribution in [3.63, 3.8) is 0 Å². The van der Waals surface area contributed by atoms with E-state index in [1.165, 1.54) is 11.3 Å². The van der Waals surface area contributed by atoms with Gasteiger partial charge >= 0.3 is 12.0 Å². The average Bonchev–Trinajstić information content (AvgIpc) is 2.97. The standard InChI is InChI=1S/C12H14N4O3S/c1-7-8(6-16(2)15-7)13-12(19)14-10(11(17)18)9-4-3-5-20-9/h3-6,10H,1-2H3,(H,17,18)(H2,13,14,19). The second-order valence-electron chi connectivity index (χ2n) is 4.19. The first-order valence-electron chi connectivity index (χ1n) is 5.81. The van der Waals surface area contributed by atoms with E-state index in [1.807, 2.05) is 0 Å². The van der Waals surface area contributed by atoms with E-state index >= 15 is 0 Å². The topological polar surface area (TPSA) is 96.3 Å². The summed E-state index contributed by atoms with van der Waals surface area (Å²) in [5, 5.41) is 20.0. The number of carbonyl (C=O) groups is 2. The highest BCUT2D eigenvalue weighted by Gasteiger charge is 2.23. The molecule has 2 rings (SSSR count). The predicted octanol–water partition coefficient (Wildman–Crippen LogP) is 1.74. The molecule has 2 heterocycles. The molecule has 0 aliphatic rings. The van der Waals surface area contributed by atoms with Crippen LogP contribution in [0.15, 0.2) is 23.7 Å². The minimum absolute atomic E-state index is 0.542. The minimum Gasteiger partial charge on any atom is -0.479 e. The van der Waals surface area contributed by atoms with Gasteiger partial charge in [0.1, 0.15) is 0 Å². The molecule has 0 aliphatic heterocycles. The summed E-state index contributed by atoms with van der Waals surface area (Å²) < 4.78 is 1.57. The smallest absolute Gasteiger partial charge is 0.331 e. The highest BCUT2D eigenvalue weighted by Crippen LogP contribution is 2.19. The van der Waals surface area contributed by atoms with E-state index in [2.05, 4.69) is 15.7 Å². The van der Waals surface area contributed by atoms with Crippen LogP contribution in [0.1, 0.15) is 16.6 Å². The normalized spacial score (nSPS) is 11.9. The highest BCUT2D eigenvalue weighted by atomic mass is 32.1. The molecule has 7 nitrogen and oxygen atoms in total. The van der Waals surface area contributed by atoms with Gasteiger partial charge in [-0.25, -0.2) is 9.59 Å². The van der Waals surface area contributed by atoms with Crippen molar-refractivity contribution in [2.75, 3.05) is 5.32 Å². The summed E-state index contributed by atoms with van der Waals surface area (Å²) >= 11 is 1.28. The lowest BCUT2D eigenvalue weighted by molar-refractivity contribution is -0.139. The summed E-state index contributed by atoms with van der Waals surface area (Å²) in [7, 11) is 1.74. The summed E-state index contributed by atoms with van der Waals surface area (Å²) in [6, 6.07) is 1.76. The maximum atomic E-state index is 11.9. The summed E-state index contributed by atoms with van der Waals surface area (Å²) in [6.07, 6.45) is 1.65. The number of hydrogen-bond donors (Lipinski definition) is 3. The lowest BCUT2D eigenvalue weighted by Crippen LogP contribution is -2.36. The minimum atomic E-state index is -1.11. The van der Waals surface area contributed by atoms with E-state index in [0.717, 1.165) is 0 Å². The molecule has 0 radical (unpaired) electrons. The molecule has 20 heavy (non-hydrogen) atoms. The van der Waals surface area contributed by atoms with Gasteiger partial charge < -0.3 is 15.7 Å². The van der Waals surface area contributed by atoms with E-state index in [-0.39, 0.29) is 0 Å². The molecular formula is C12H14N4O3S. The molecule has 1 unspecified atom stereocenters. The lowest BCUT2D eigenvalue weighted by atomic mass is 10.2. The zero-order chi connectivity index (χ0) is 14.7. The van der Waals surface area contributed by atoms with Crippen molar-refractivity contribution in [1.82, 2.24) is 15.1 Å². The number of urea groups is 1. The number of aromatic nitrogens is 2. The fourth-order valence-electron chi connectivity index (χ4n) is 1.72. The number of nitrogens with one attached hydrogen (secondary N) is 2. The number of carboxylic acid groups (broad SMARTS) is 1. The Morgan fingerprint density at radius 3 is 2.75 bits per heavy atom. The average molecular weight is 294 g/mol. The largest absolute Gasteiger partial charge is 0.479 e. The van der Waals surface area contributed by atoms with E-state index in [1.54, 1.807) is 42.4 Å². The number of thiophene rings is 1. The molecule has 2 aromatic rings. The Morgan fingerprint density at radius 1 is 1.50 bits per heavy atom. The maximum Gasteiger partial charge on any atom is 0.331 e. The molecule has 0 aliphatic carbocycles. The maximum absolute atomic E-state index is 11.9. The Labute approximate surface area is 119 Å². The Morgan fingerprint density at radius 2 is 2.25 bits per heavy atom. The van der Waals surface area contributed by atoms with Gasteiger partial charge in [0.25, 0.3) is 0 Å². The van der Waals surface area contributed by atoms with Gasteiger partial charge in [0.05, 0.1) is 11.4 Å². The first-order valence-corrected chi connectivity index (χ1v) is 6.69. The van der Waals surface area contributed by atoms with Crippen molar-refractivity contribution >= 4 is 29.0 Å². The molecule has 2 aromatic heterocycles. The zero-order valence-electron chi connectivity index (χ0n) is 11.0. The van der Waals surface area contributed by atoms with Crippen molar-refractivity contribution in [2.45, 2.75) is 13.0 Å². The van der Waals surface area contributed by atoms with Crippen LogP contribution in [0.2, 0.25) is 0 Å². The van der Waals surface area contributed by atoms with Crippen molar-refractivity contribution in [2.24, 2.45) is 7.05 Å². The van der Waals surface area contributed by atoms with E-state index in [9.17, 15) is 9.59 Å². The van der Waals surface area contributed by atoms with Gasteiger partial charge in [0, 0.05) is 18.1 Å². The fourth-order valence-corrected chi connectivity index (χ4v) is 2.49. The number of nitrogens with zero attached hydrogens (tertiary/aromatic N) is 2. The number of anilines is 1. The first-order chi connectivity index (χ1) is 9.47. The number of rotatable bonds is 4. The van der Waals surface area contributed by atoms with Crippen LogP contribution < -0.4 is 10.6 Å². The van der Waals surface area contributed by atoms with E-state index in [4.69, 9.17) is 5.11 Å². The molecule has 8 heteroatoms. The van der Waals surface area contributed by atoms with Crippen molar-refractivity contribution in [3.05, 3.63) is 34.3 Å². The van der Waals surface area contributed by atoms with Gasteiger partial charge in [0.2, 0.25) is 0 Å². The molecule has 0 aromatic carbocycles. The molecule has 0 bridgehead atoms. The number of amides is 2. The van der Waals surface area contributed by atoms with Gasteiger partial charge in [-0.2, -0.15) is 5.10 Å². The Kier molecular flexibility index (Phi) is 4.04. The third kappa shape index (κ3) is 3.15. The van der Waals surface area contributed by atoms with Crippen LogP contribution in [0.5, 0.6) is 0 Å². The highest BCUT2D eigenvalue weighted by molar-refractivity contribution is 7.10. The van der Waals surface area contributed by atoms with Gasteiger partial charge in [0.15, 0.2) is 6.04 Å². The van der Waals surface area contributed by atoms with Gasteiger partial charge in [-0.15, -0.1) is 11.3 Å². The summed E-state index contributed by atoms with van der Waals surface area (Å²) in [6.45, 7) is 1.75. The van der Waals surface area contributed by atoms with E-state index < -0.39 is 18.0 Å². The second-order valence-corrected chi connectivity index (χ2v) is 5.17.